The predicted molar refractivity (Wildman–Crippen MR) is 113 cm³/mol. The van der Waals surface area contributed by atoms with Crippen molar-refractivity contribution >= 4 is 36.4 Å². The van der Waals surface area contributed by atoms with Crippen LogP contribution in [-0.4, -0.2) is 45.3 Å². The number of benzene rings is 1. The molecule has 0 amide bonds. The fraction of sp³-hybridized carbons (Fsp3) is 0.684. The molecule has 1 aliphatic carbocycles. The first-order valence-corrected chi connectivity index (χ1v) is 9.49. The fourth-order valence-corrected chi connectivity index (χ4v) is 4.64. The van der Waals surface area contributed by atoms with Gasteiger partial charge in [0.05, 0.1) is 19.2 Å². The van der Waals surface area contributed by atoms with Crippen molar-refractivity contribution in [3.8, 4) is 11.5 Å². The minimum atomic E-state index is 0. The lowest BCUT2D eigenvalue weighted by Crippen LogP contribution is -2.47. The van der Waals surface area contributed by atoms with Gasteiger partial charge in [-0.05, 0) is 30.4 Å². The minimum absolute atomic E-state index is 0. The van der Waals surface area contributed by atoms with Gasteiger partial charge in [-0.1, -0.05) is 36.9 Å². The van der Waals surface area contributed by atoms with Gasteiger partial charge in [-0.2, -0.15) is 0 Å². The van der Waals surface area contributed by atoms with Gasteiger partial charge in [0.25, 0.3) is 0 Å². The van der Waals surface area contributed by atoms with Gasteiger partial charge in [-0.3, -0.25) is 4.90 Å². The van der Waals surface area contributed by atoms with Crippen LogP contribution in [0, 0.1) is 5.92 Å². The Labute approximate surface area is 174 Å². The summed E-state index contributed by atoms with van der Waals surface area (Å²) in [6.07, 6.45) is 6.61. The largest absolute Gasteiger partial charge is 0.493 e. The lowest BCUT2D eigenvalue weighted by Gasteiger charge is -2.41. The molecule has 2 fully saturated rings. The molecule has 150 valence electrons. The van der Waals surface area contributed by atoms with Crippen molar-refractivity contribution < 1.29 is 9.47 Å². The van der Waals surface area contributed by atoms with Gasteiger partial charge < -0.3 is 14.8 Å². The van der Waals surface area contributed by atoms with E-state index in [0.29, 0.717) is 28.5 Å². The second-order valence-electron chi connectivity index (χ2n) is 6.83. The molecular formula is C19H31Cl3N2O2. The van der Waals surface area contributed by atoms with E-state index in [-0.39, 0.29) is 24.8 Å². The van der Waals surface area contributed by atoms with E-state index >= 15 is 0 Å². The molecular weight excluding hydrogens is 395 g/mol. The van der Waals surface area contributed by atoms with Crippen LogP contribution in [0.1, 0.15) is 43.7 Å². The molecule has 7 heteroatoms. The molecule has 0 radical (unpaired) electrons. The standard InChI is InChI=1S/C19H29ClN2O2.2ClH/c1-23-16-9-8-15(17(20)19(16)24-2)18(14-6-4-3-5-7-14)22-12-10-21-11-13-22;;/h8-9,14,18,21H,3-7,10-13H2,1-2H3;2*1H/t18-;;/m0../s1. The van der Waals surface area contributed by atoms with E-state index in [0.717, 1.165) is 26.2 Å². The Kier molecular flexibility index (Phi) is 10.4. The number of methoxy groups -OCH3 is 2. The van der Waals surface area contributed by atoms with Crippen molar-refractivity contribution in [3.63, 3.8) is 0 Å². The summed E-state index contributed by atoms with van der Waals surface area (Å²) in [4.78, 5) is 2.61. The van der Waals surface area contributed by atoms with E-state index in [4.69, 9.17) is 21.1 Å². The normalized spacial score (nSPS) is 19.8. The molecule has 1 atom stereocenters. The topological polar surface area (TPSA) is 33.7 Å². The van der Waals surface area contributed by atoms with Crippen LogP contribution in [0.3, 0.4) is 0 Å². The second-order valence-corrected chi connectivity index (χ2v) is 7.21. The number of rotatable bonds is 5. The molecule has 1 aromatic carbocycles. The molecule has 1 N–H and O–H groups in total. The summed E-state index contributed by atoms with van der Waals surface area (Å²) < 4.78 is 11.0. The maximum atomic E-state index is 6.78. The smallest absolute Gasteiger partial charge is 0.179 e. The lowest BCUT2D eigenvalue weighted by atomic mass is 9.80. The molecule has 2 aliphatic rings. The van der Waals surface area contributed by atoms with E-state index in [9.17, 15) is 0 Å². The monoisotopic (exact) mass is 424 g/mol. The van der Waals surface area contributed by atoms with Crippen LogP contribution < -0.4 is 14.8 Å². The molecule has 1 saturated carbocycles. The van der Waals surface area contributed by atoms with E-state index in [2.05, 4.69) is 16.3 Å². The Morgan fingerprint density at radius 2 is 1.69 bits per heavy atom. The summed E-state index contributed by atoms with van der Waals surface area (Å²) in [5.41, 5.74) is 1.20. The van der Waals surface area contributed by atoms with Crippen LogP contribution in [0.2, 0.25) is 5.02 Å². The number of ether oxygens (including phenoxy) is 2. The van der Waals surface area contributed by atoms with Crippen molar-refractivity contribution in [2.45, 2.75) is 38.1 Å². The van der Waals surface area contributed by atoms with Crippen molar-refractivity contribution in [1.82, 2.24) is 10.2 Å². The zero-order valence-corrected chi connectivity index (χ0v) is 18.0. The molecule has 3 rings (SSSR count). The third-order valence-electron chi connectivity index (χ3n) is 5.47. The fourth-order valence-electron chi connectivity index (χ4n) is 4.29. The summed E-state index contributed by atoms with van der Waals surface area (Å²) >= 11 is 6.78. The molecule has 0 spiro atoms. The van der Waals surface area contributed by atoms with Gasteiger partial charge >= 0.3 is 0 Å². The van der Waals surface area contributed by atoms with Crippen LogP contribution in [0.4, 0.5) is 0 Å². The molecule has 26 heavy (non-hydrogen) atoms. The van der Waals surface area contributed by atoms with Gasteiger partial charge in [0.1, 0.15) is 0 Å². The summed E-state index contributed by atoms with van der Waals surface area (Å²) in [5.74, 6) is 2.04. The number of halogens is 3. The number of hydrogen-bond acceptors (Lipinski definition) is 4. The first-order chi connectivity index (χ1) is 11.8. The van der Waals surface area contributed by atoms with Crippen LogP contribution in [0.5, 0.6) is 11.5 Å². The highest BCUT2D eigenvalue weighted by Gasteiger charge is 2.33. The number of hydrogen-bond donors (Lipinski definition) is 1. The van der Waals surface area contributed by atoms with Crippen molar-refractivity contribution in [2.75, 3.05) is 40.4 Å². The number of piperazine rings is 1. The van der Waals surface area contributed by atoms with E-state index in [1.807, 2.05) is 6.07 Å². The third-order valence-corrected chi connectivity index (χ3v) is 5.86. The first kappa shape index (κ1) is 23.6. The average molecular weight is 426 g/mol. The molecule has 0 aromatic heterocycles. The Morgan fingerprint density at radius 1 is 1.04 bits per heavy atom. The Morgan fingerprint density at radius 3 is 2.27 bits per heavy atom. The van der Waals surface area contributed by atoms with Crippen LogP contribution in [0.15, 0.2) is 12.1 Å². The van der Waals surface area contributed by atoms with Gasteiger partial charge in [0.15, 0.2) is 11.5 Å². The highest BCUT2D eigenvalue weighted by molar-refractivity contribution is 6.33. The lowest BCUT2D eigenvalue weighted by molar-refractivity contribution is 0.103. The van der Waals surface area contributed by atoms with Crippen LogP contribution in [0.25, 0.3) is 0 Å². The van der Waals surface area contributed by atoms with Crippen LogP contribution in [-0.2, 0) is 0 Å². The molecule has 1 aliphatic heterocycles. The summed E-state index contributed by atoms with van der Waals surface area (Å²) in [6.45, 7) is 4.25. The molecule has 4 nitrogen and oxygen atoms in total. The summed E-state index contributed by atoms with van der Waals surface area (Å²) in [6, 6.07) is 4.52. The molecule has 1 saturated heterocycles. The van der Waals surface area contributed by atoms with Crippen molar-refractivity contribution in [3.05, 3.63) is 22.7 Å². The molecule has 0 bridgehead atoms. The zero-order chi connectivity index (χ0) is 16.9. The SMILES string of the molecule is COc1ccc([C@H](C2CCCCC2)N2CCNCC2)c(Cl)c1OC.Cl.Cl. The Balaban J connectivity index is 0.00000169. The molecule has 0 unspecified atom stereocenters. The minimum Gasteiger partial charge on any atom is -0.493 e. The zero-order valence-electron chi connectivity index (χ0n) is 15.6. The summed E-state index contributed by atoms with van der Waals surface area (Å²) in [5, 5.41) is 4.17. The average Bonchev–Trinajstić information content (AvgIpc) is 2.65. The highest BCUT2D eigenvalue weighted by Crippen LogP contribution is 2.46. The maximum Gasteiger partial charge on any atom is 0.179 e. The van der Waals surface area contributed by atoms with Gasteiger partial charge in [0.2, 0.25) is 0 Å². The van der Waals surface area contributed by atoms with Crippen molar-refractivity contribution in [2.24, 2.45) is 5.92 Å². The predicted octanol–water partition coefficient (Wildman–Crippen LogP) is 4.73. The van der Waals surface area contributed by atoms with Crippen molar-refractivity contribution in [1.29, 1.82) is 0 Å². The Hall–Kier alpha value is -0.390. The Bertz CT molecular complexity index is 530. The van der Waals surface area contributed by atoms with E-state index in [1.165, 1.54) is 37.7 Å². The third kappa shape index (κ3) is 5.11. The van der Waals surface area contributed by atoms with Gasteiger partial charge in [-0.25, -0.2) is 0 Å². The quantitative estimate of drug-likeness (QED) is 0.739. The highest BCUT2D eigenvalue weighted by atomic mass is 35.5. The first-order valence-electron chi connectivity index (χ1n) is 9.11. The van der Waals surface area contributed by atoms with Gasteiger partial charge in [0, 0.05) is 32.2 Å². The molecule has 1 aromatic rings. The van der Waals surface area contributed by atoms with E-state index < -0.39 is 0 Å². The summed E-state index contributed by atoms with van der Waals surface area (Å²) in [7, 11) is 3.32. The maximum absolute atomic E-state index is 6.78. The van der Waals surface area contributed by atoms with Gasteiger partial charge in [-0.15, -0.1) is 24.8 Å². The van der Waals surface area contributed by atoms with E-state index in [1.54, 1.807) is 14.2 Å². The number of nitrogens with zero attached hydrogens (tertiary/aromatic N) is 1. The number of nitrogens with one attached hydrogen (secondary N) is 1. The second kappa shape index (κ2) is 11.5. The molecule has 1 heterocycles. The van der Waals surface area contributed by atoms with Crippen LogP contribution >= 0.6 is 36.4 Å².